The van der Waals surface area contributed by atoms with Crippen molar-refractivity contribution in [1.29, 1.82) is 0 Å². The van der Waals surface area contributed by atoms with Crippen molar-refractivity contribution in [3.8, 4) is 0 Å². The van der Waals surface area contributed by atoms with E-state index in [9.17, 15) is 8.42 Å². The predicted octanol–water partition coefficient (Wildman–Crippen LogP) is 0.842. The number of nitrogens with two attached hydrogens (primary N) is 1. The highest BCUT2D eigenvalue weighted by Gasteiger charge is 2.22. The molecule has 0 unspecified atom stereocenters. The van der Waals surface area contributed by atoms with Gasteiger partial charge in [0.05, 0.1) is 0 Å². The lowest BCUT2D eigenvalue weighted by atomic mass is 10.3. The standard InChI is InChI=1S/C12H21N3O2S3/c1-10-9-19-11(8-13)12(10)20(16,17)14-2-3-15-4-6-18-7-5-15/h9,14H,2-8,13H2,1H3. The summed E-state index contributed by atoms with van der Waals surface area (Å²) < 4.78 is 27.4. The third-order valence-corrected chi connectivity index (χ3v) is 7.16. The van der Waals surface area contributed by atoms with Gasteiger partial charge in [0.15, 0.2) is 0 Å². The van der Waals surface area contributed by atoms with Crippen LogP contribution in [0, 0.1) is 6.92 Å². The van der Waals surface area contributed by atoms with E-state index in [1.54, 1.807) is 0 Å². The lowest BCUT2D eigenvalue weighted by Crippen LogP contribution is -2.39. The second-order valence-corrected chi connectivity index (χ2v) is 8.62. The molecule has 1 aliphatic heterocycles. The molecule has 114 valence electrons. The van der Waals surface area contributed by atoms with E-state index in [0.29, 0.717) is 11.4 Å². The number of hydrogen-bond donors (Lipinski definition) is 2. The molecular weight excluding hydrogens is 314 g/mol. The predicted molar refractivity (Wildman–Crippen MR) is 85.9 cm³/mol. The van der Waals surface area contributed by atoms with E-state index in [1.165, 1.54) is 11.3 Å². The van der Waals surface area contributed by atoms with Crippen LogP contribution in [0.2, 0.25) is 0 Å². The van der Waals surface area contributed by atoms with Crippen molar-refractivity contribution >= 4 is 33.1 Å². The van der Waals surface area contributed by atoms with Crippen molar-refractivity contribution in [2.45, 2.75) is 18.4 Å². The number of thiophene rings is 1. The molecular formula is C12H21N3O2S3. The summed E-state index contributed by atoms with van der Waals surface area (Å²) in [5.41, 5.74) is 6.39. The van der Waals surface area contributed by atoms with E-state index in [-0.39, 0.29) is 6.54 Å². The fraction of sp³-hybridized carbons (Fsp3) is 0.667. The van der Waals surface area contributed by atoms with Gasteiger partial charge in [0.25, 0.3) is 0 Å². The van der Waals surface area contributed by atoms with E-state index in [0.717, 1.165) is 41.6 Å². The lowest BCUT2D eigenvalue weighted by molar-refractivity contribution is 0.307. The molecule has 5 nitrogen and oxygen atoms in total. The zero-order valence-electron chi connectivity index (χ0n) is 11.6. The van der Waals surface area contributed by atoms with E-state index in [4.69, 9.17) is 5.73 Å². The van der Waals surface area contributed by atoms with Gasteiger partial charge in [0, 0.05) is 49.1 Å². The Morgan fingerprint density at radius 3 is 2.75 bits per heavy atom. The van der Waals surface area contributed by atoms with Crippen LogP contribution in [0.15, 0.2) is 10.3 Å². The van der Waals surface area contributed by atoms with Crippen molar-refractivity contribution in [2.75, 3.05) is 37.7 Å². The molecule has 0 amide bonds. The third-order valence-electron chi connectivity index (χ3n) is 3.27. The lowest BCUT2D eigenvalue weighted by Gasteiger charge is -2.26. The van der Waals surface area contributed by atoms with Crippen LogP contribution >= 0.6 is 23.1 Å². The van der Waals surface area contributed by atoms with Gasteiger partial charge in [0.1, 0.15) is 4.90 Å². The summed E-state index contributed by atoms with van der Waals surface area (Å²) in [5.74, 6) is 2.27. The average Bonchev–Trinajstić information content (AvgIpc) is 2.81. The zero-order chi connectivity index (χ0) is 14.6. The maximum Gasteiger partial charge on any atom is 0.242 e. The van der Waals surface area contributed by atoms with Crippen molar-refractivity contribution in [3.63, 3.8) is 0 Å². The van der Waals surface area contributed by atoms with E-state index in [2.05, 4.69) is 9.62 Å². The Kier molecular flexibility index (Phi) is 5.88. The molecule has 1 aromatic rings. The smallest absolute Gasteiger partial charge is 0.242 e. The molecule has 1 saturated heterocycles. The van der Waals surface area contributed by atoms with Crippen LogP contribution in [0.3, 0.4) is 0 Å². The number of nitrogens with zero attached hydrogens (tertiary/aromatic N) is 1. The fourth-order valence-corrected chi connectivity index (χ4v) is 5.92. The molecule has 0 radical (unpaired) electrons. The molecule has 0 atom stereocenters. The van der Waals surface area contributed by atoms with E-state index >= 15 is 0 Å². The number of thioether (sulfide) groups is 1. The Morgan fingerprint density at radius 2 is 2.10 bits per heavy atom. The van der Waals surface area contributed by atoms with Gasteiger partial charge in [-0.3, -0.25) is 0 Å². The number of rotatable bonds is 6. The highest BCUT2D eigenvalue weighted by atomic mass is 32.2. The van der Waals surface area contributed by atoms with Crippen molar-refractivity contribution in [2.24, 2.45) is 5.73 Å². The molecule has 2 heterocycles. The molecule has 0 aromatic carbocycles. The SMILES string of the molecule is Cc1csc(CN)c1S(=O)(=O)NCCN1CCSCC1. The molecule has 0 bridgehead atoms. The first-order valence-corrected chi connectivity index (χ1v) is 10.1. The second-order valence-electron chi connectivity index (χ2n) is 4.73. The van der Waals surface area contributed by atoms with Crippen LogP contribution in [0.4, 0.5) is 0 Å². The molecule has 20 heavy (non-hydrogen) atoms. The van der Waals surface area contributed by atoms with Crippen LogP contribution in [0.25, 0.3) is 0 Å². The third kappa shape index (κ3) is 3.96. The van der Waals surface area contributed by atoms with Gasteiger partial charge in [-0.25, -0.2) is 13.1 Å². The summed E-state index contributed by atoms with van der Waals surface area (Å²) in [6, 6.07) is 0. The maximum atomic E-state index is 12.4. The normalized spacial score (nSPS) is 17.5. The molecule has 1 aromatic heterocycles. The summed E-state index contributed by atoms with van der Waals surface area (Å²) in [6.45, 7) is 5.37. The number of nitrogens with one attached hydrogen (secondary N) is 1. The highest BCUT2D eigenvalue weighted by molar-refractivity contribution is 7.99. The fourth-order valence-electron chi connectivity index (χ4n) is 2.22. The van der Waals surface area contributed by atoms with Crippen LogP contribution in [-0.2, 0) is 16.6 Å². The quantitative estimate of drug-likeness (QED) is 0.806. The van der Waals surface area contributed by atoms with E-state index < -0.39 is 10.0 Å². The second kappa shape index (κ2) is 7.24. The molecule has 1 aliphatic rings. The Hall–Kier alpha value is -0.120. The van der Waals surface area contributed by atoms with Gasteiger partial charge >= 0.3 is 0 Å². The van der Waals surface area contributed by atoms with Crippen LogP contribution in [0.5, 0.6) is 0 Å². The Balaban J connectivity index is 1.95. The molecule has 2 rings (SSSR count). The Bertz CT molecular complexity index is 536. The number of sulfonamides is 1. The Morgan fingerprint density at radius 1 is 1.40 bits per heavy atom. The summed E-state index contributed by atoms with van der Waals surface area (Å²) >= 11 is 3.36. The first kappa shape index (κ1) is 16.3. The van der Waals surface area contributed by atoms with Gasteiger partial charge in [-0.1, -0.05) is 0 Å². The molecule has 0 saturated carbocycles. The molecule has 1 fully saturated rings. The molecule has 8 heteroatoms. The zero-order valence-corrected chi connectivity index (χ0v) is 14.0. The summed E-state index contributed by atoms with van der Waals surface area (Å²) in [5, 5.41) is 1.85. The minimum atomic E-state index is -3.44. The van der Waals surface area contributed by atoms with Gasteiger partial charge in [-0.05, 0) is 17.9 Å². The van der Waals surface area contributed by atoms with Crippen LogP contribution < -0.4 is 10.5 Å². The first-order chi connectivity index (χ1) is 9.54. The van der Waals surface area contributed by atoms with Crippen LogP contribution in [0.1, 0.15) is 10.4 Å². The summed E-state index contributed by atoms with van der Waals surface area (Å²) in [6.07, 6.45) is 0. The largest absolute Gasteiger partial charge is 0.326 e. The summed E-state index contributed by atoms with van der Waals surface area (Å²) in [4.78, 5) is 3.40. The van der Waals surface area contributed by atoms with Gasteiger partial charge in [0.2, 0.25) is 10.0 Å². The minimum Gasteiger partial charge on any atom is -0.326 e. The monoisotopic (exact) mass is 335 g/mol. The van der Waals surface area contributed by atoms with E-state index in [1.807, 2.05) is 24.1 Å². The maximum absolute atomic E-state index is 12.4. The topological polar surface area (TPSA) is 75.4 Å². The molecule has 0 spiro atoms. The highest BCUT2D eigenvalue weighted by Crippen LogP contribution is 2.26. The number of aryl methyl sites for hydroxylation is 1. The minimum absolute atomic E-state index is 0.262. The first-order valence-electron chi connectivity index (χ1n) is 6.61. The van der Waals surface area contributed by atoms with Gasteiger partial charge in [-0.2, -0.15) is 11.8 Å². The summed E-state index contributed by atoms with van der Waals surface area (Å²) in [7, 11) is -3.44. The van der Waals surface area contributed by atoms with Gasteiger partial charge in [-0.15, -0.1) is 11.3 Å². The average molecular weight is 336 g/mol. The Labute approximate surface area is 129 Å². The number of hydrogen-bond acceptors (Lipinski definition) is 6. The molecule has 0 aliphatic carbocycles. The molecule has 3 N–H and O–H groups in total. The van der Waals surface area contributed by atoms with Crippen molar-refractivity contribution in [1.82, 2.24) is 9.62 Å². The van der Waals surface area contributed by atoms with Crippen molar-refractivity contribution < 1.29 is 8.42 Å². The van der Waals surface area contributed by atoms with Crippen molar-refractivity contribution in [3.05, 3.63) is 15.8 Å². The van der Waals surface area contributed by atoms with Crippen LogP contribution in [-0.4, -0.2) is 51.0 Å². The van der Waals surface area contributed by atoms with Gasteiger partial charge < -0.3 is 10.6 Å².